The van der Waals surface area contributed by atoms with Gasteiger partial charge in [0.1, 0.15) is 0 Å². The van der Waals surface area contributed by atoms with Crippen molar-refractivity contribution in [2.24, 2.45) is 5.92 Å². The standard InChI is InChI=1S/C15H32N2/c1-14(2,3)16(7)12-13-8-10-17(11-9-13)15(4,5)6/h13H,8-12H2,1-7H3. The second-order valence-corrected chi connectivity index (χ2v) is 7.65. The van der Waals surface area contributed by atoms with Crippen LogP contribution in [0.4, 0.5) is 0 Å². The fraction of sp³-hybridized carbons (Fsp3) is 1.00. The smallest absolute Gasteiger partial charge is 0.0125 e. The number of hydrogen-bond donors (Lipinski definition) is 0. The highest BCUT2D eigenvalue weighted by atomic mass is 15.2. The van der Waals surface area contributed by atoms with E-state index in [0.29, 0.717) is 11.1 Å². The van der Waals surface area contributed by atoms with Crippen molar-refractivity contribution in [3.05, 3.63) is 0 Å². The minimum atomic E-state index is 0.307. The van der Waals surface area contributed by atoms with Crippen molar-refractivity contribution in [1.82, 2.24) is 9.80 Å². The van der Waals surface area contributed by atoms with Crippen LogP contribution >= 0.6 is 0 Å². The molecule has 0 saturated carbocycles. The highest BCUT2D eigenvalue weighted by Gasteiger charge is 2.28. The summed E-state index contributed by atoms with van der Waals surface area (Å²) in [5, 5.41) is 0. The molecule has 1 fully saturated rings. The lowest BCUT2D eigenvalue weighted by atomic mass is 9.91. The third kappa shape index (κ3) is 4.59. The predicted octanol–water partition coefficient (Wildman–Crippen LogP) is 3.23. The van der Waals surface area contributed by atoms with Crippen LogP contribution in [0.15, 0.2) is 0 Å². The summed E-state index contributed by atoms with van der Waals surface area (Å²) in [6, 6.07) is 0. The first-order valence-electron chi connectivity index (χ1n) is 7.07. The van der Waals surface area contributed by atoms with E-state index in [9.17, 15) is 0 Å². The minimum Gasteiger partial charge on any atom is -0.301 e. The van der Waals surface area contributed by atoms with E-state index in [-0.39, 0.29) is 0 Å². The molecule has 0 spiro atoms. The molecule has 1 aliphatic rings. The SMILES string of the molecule is CN(CC1CCN(C(C)(C)C)CC1)C(C)(C)C. The van der Waals surface area contributed by atoms with Crippen LogP contribution in [0.2, 0.25) is 0 Å². The van der Waals surface area contributed by atoms with Gasteiger partial charge >= 0.3 is 0 Å². The molecule has 0 unspecified atom stereocenters. The van der Waals surface area contributed by atoms with Crippen LogP contribution in [0.3, 0.4) is 0 Å². The van der Waals surface area contributed by atoms with Crippen molar-refractivity contribution in [1.29, 1.82) is 0 Å². The van der Waals surface area contributed by atoms with Crippen LogP contribution in [0.1, 0.15) is 54.4 Å². The van der Waals surface area contributed by atoms with Gasteiger partial charge in [0.05, 0.1) is 0 Å². The Hall–Kier alpha value is -0.0800. The Morgan fingerprint density at radius 3 is 1.82 bits per heavy atom. The fourth-order valence-corrected chi connectivity index (χ4v) is 2.45. The molecule has 1 aliphatic heterocycles. The summed E-state index contributed by atoms with van der Waals surface area (Å²) < 4.78 is 0. The van der Waals surface area contributed by atoms with Crippen molar-refractivity contribution < 1.29 is 0 Å². The lowest BCUT2D eigenvalue weighted by Crippen LogP contribution is -2.48. The Morgan fingerprint density at radius 1 is 1.00 bits per heavy atom. The first kappa shape index (κ1) is 15.0. The second kappa shape index (κ2) is 5.27. The summed E-state index contributed by atoms with van der Waals surface area (Å²) >= 11 is 0. The van der Waals surface area contributed by atoms with Crippen LogP contribution in [0.25, 0.3) is 0 Å². The maximum atomic E-state index is 2.63. The van der Waals surface area contributed by atoms with Gasteiger partial charge < -0.3 is 4.90 Å². The minimum absolute atomic E-state index is 0.307. The van der Waals surface area contributed by atoms with Gasteiger partial charge in [-0.2, -0.15) is 0 Å². The summed E-state index contributed by atoms with van der Waals surface area (Å²) in [4.78, 5) is 5.13. The van der Waals surface area contributed by atoms with Gasteiger partial charge in [0.2, 0.25) is 0 Å². The molecule has 1 saturated heterocycles. The van der Waals surface area contributed by atoms with Crippen molar-refractivity contribution in [2.75, 3.05) is 26.7 Å². The van der Waals surface area contributed by atoms with Gasteiger partial charge in [0, 0.05) is 17.6 Å². The Balaban J connectivity index is 2.38. The Labute approximate surface area is 108 Å². The number of hydrogen-bond acceptors (Lipinski definition) is 2. The maximum absolute atomic E-state index is 2.63. The summed E-state index contributed by atoms with van der Waals surface area (Å²) in [6.45, 7) is 17.7. The van der Waals surface area contributed by atoms with Crippen molar-refractivity contribution >= 4 is 0 Å². The normalized spacial score (nSPS) is 21.2. The van der Waals surface area contributed by atoms with Gasteiger partial charge in [-0.25, -0.2) is 0 Å². The van der Waals surface area contributed by atoms with E-state index in [2.05, 4.69) is 58.4 Å². The van der Waals surface area contributed by atoms with Gasteiger partial charge in [-0.1, -0.05) is 0 Å². The molecule has 1 heterocycles. The molecular weight excluding hydrogens is 208 g/mol. The third-order valence-corrected chi connectivity index (χ3v) is 4.24. The van der Waals surface area contributed by atoms with E-state index < -0.39 is 0 Å². The molecule has 2 heteroatoms. The number of likely N-dealkylation sites (tertiary alicyclic amines) is 1. The summed E-state index contributed by atoms with van der Waals surface area (Å²) in [6.07, 6.45) is 2.72. The first-order valence-corrected chi connectivity index (χ1v) is 7.07. The predicted molar refractivity (Wildman–Crippen MR) is 76.4 cm³/mol. The van der Waals surface area contributed by atoms with Crippen LogP contribution in [-0.2, 0) is 0 Å². The number of piperidine rings is 1. The van der Waals surface area contributed by atoms with Crippen molar-refractivity contribution in [2.45, 2.75) is 65.5 Å². The molecule has 0 aliphatic carbocycles. The van der Waals surface area contributed by atoms with E-state index in [1.54, 1.807) is 0 Å². The molecule has 0 aromatic carbocycles. The molecule has 1 rings (SSSR count). The Kier molecular flexibility index (Phi) is 4.65. The van der Waals surface area contributed by atoms with Gasteiger partial charge in [0.15, 0.2) is 0 Å². The zero-order valence-corrected chi connectivity index (χ0v) is 13.0. The number of rotatable bonds is 2. The molecule has 0 N–H and O–H groups in total. The van der Waals surface area contributed by atoms with Crippen molar-refractivity contribution in [3.8, 4) is 0 Å². The molecule has 0 bridgehead atoms. The van der Waals surface area contributed by atoms with E-state index in [1.807, 2.05) is 0 Å². The van der Waals surface area contributed by atoms with Gasteiger partial charge in [-0.15, -0.1) is 0 Å². The van der Waals surface area contributed by atoms with Gasteiger partial charge in [-0.05, 0) is 80.4 Å². The van der Waals surface area contributed by atoms with E-state index in [1.165, 1.54) is 32.5 Å². The van der Waals surface area contributed by atoms with E-state index in [0.717, 1.165) is 5.92 Å². The van der Waals surface area contributed by atoms with E-state index >= 15 is 0 Å². The maximum Gasteiger partial charge on any atom is 0.0125 e. The monoisotopic (exact) mass is 240 g/mol. The fourth-order valence-electron chi connectivity index (χ4n) is 2.45. The van der Waals surface area contributed by atoms with E-state index in [4.69, 9.17) is 0 Å². The topological polar surface area (TPSA) is 6.48 Å². The highest BCUT2D eigenvalue weighted by molar-refractivity contribution is 4.84. The van der Waals surface area contributed by atoms with Crippen LogP contribution in [0.5, 0.6) is 0 Å². The molecule has 0 aromatic rings. The molecule has 17 heavy (non-hydrogen) atoms. The van der Waals surface area contributed by atoms with Gasteiger partial charge in [-0.3, -0.25) is 4.90 Å². The summed E-state index contributed by atoms with van der Waals surface area (Å²) in [5.74, 6) is 0.887. The third-order valence-electron chi connectivity index (χ3n) is 4.24. The highest BCUT2D eigenvalue weighted by Crippen LogP contribution is 2.25. The largest absolute Gasteiger partial charge is 0.301 e. The lowest BCUT2D eigenvalue weighted by molar-refractivity contribution is 0.0633. The Bertz CT molecular complexity index is 226. The average molecular weight is 240 g/mol. The lowest BCUT2D eigenvalue weighted by Gasteiger charge is -2.43. The number of nitrogens with zero attached hydrogens (tertiary/aromatic N) is 2. The van der Waals surface area contributed by atoms with Crippen LogP contribution in [-0.4, -0.2) is 47.6 Å². The molecule has 102 valence electrons. The Morgan fingerprint density at radius 2 is 1.47 bits per heavy atom. The second-order valence-electron chi connectivity index (χ2n) is 7.65. The molecule has 0 aromatic heterocycles. The molecular formula is C15H32N2. The average Bonchev–Trinajstić information content (AvgIpc) is 2.15. The molecule has 0 atom stereocenters. The molecule has 2 nitrogen and oxygen atoms in total. The van der Waals surface area contributed by atoms with Crippen LogP contribution < -0.4 is 0 Å². The zero-order valence-electron chi connectivity index (χ0n) is 13.0. The van der Waals surface area contributed by atoms with Crippen molar-refractivity contribution in [3.63, 3.8) is 0 Å². The summed E-state index contributed by atoms with van der Waals surface area (Å²) in [5.41, 5.74) is 0.655. The summed E-state index contributed by atoms with van der Waals surface area (Å²) in [7, 11) is 2.26. The zero-order chi connectivity index (χ0) is 13.3. The van der Waals surface area contributed by atoms with Crippen LogP contribution in [0, 0.1) is 5.92 Å². The van der Waals surface area contributed by atoms with Gasteiger partial charge in [0.25, 0.3) is 0 Å². The molecule has 0 radical (unpaired) electrons. The molecule has 0 amide bonds. The first-order chi connectivity index (χ1) is 7.60. The quantitative estimate of drug-likeness (QED) is 0.731.